The molecule has 5 heterocycles. The summed E-state index contributed by atoms with van der Waals surface area (Å²) < 4.78 is 49.9. The topological polar surface area (TPSA) is 97.2 Å². The fraction of sp³-hybridized carbons (Fsp3) is 0.533. The minimum Gasteiger partial charge on any atom is -0.477 e. The van der Waals surface area contributed by atoms with E-state index in [1.165, 1.54) is 4.68 Å². The predicted octanol–water partition coefficient (Wildman–Crippen LogP) is 6.41. The van der Waals surface area contributed by atoms with E-state index in [0.29, 0.717) is 28.1 Å². The van der Waals surface area contributed by atoms with Gasteiger partial charge >= 0.3 is 6.18 Å². The molecule has 3 aliphatic rings. The van der Waals surface area contributed by atoms with Crippen LogP contribution in [0.25, 0.3) is 5.82 Å². The maximum atomic E-state index is 13.5. The van der Waals surface area contributed by atoms with Crippen molar-refractivity contribution in [2.45, 2.75) is 82.1 Å². The second-order valence-electron chi connectivity index (χ2n) is 12.5. The number of hydrogen-bond acceptors (Lipinski definition) is 8. The van der Waals surface area contributed by atoms with E-state index in [-0.39, 0.29) is 49.2 Å². The first-order chi connectivity index (χ1) is 20.4. The van der Waals surface area contributed by atoms with Gasteiger partial charge in [-0.3, -0.25) is 9.52 Å². The number of alkyl halides is 3. The number of nitrogens with one attached hydrogen (secondary N) is 2. The zero-order valence-electron chi connectivity index (χ0n) is 24.4. The highest BCUT2D eigenvalue weighted by molar-refractivity contribution is 7.97. The van der Waals surface area contributed by atoms with Crippen molar-refractivity contribution >= 4 is 29.5 Å². The van der Waals surface area contributed by atoms with Crippen LogP contribution in [0.2, 0.25) is 0 Å². The first-order valence-corrected chi connectivity index (χ1v) is 15.5. The quantitative estimate of drug-likeness (QED) is 0.318. The van der Waals surface area contributed by atoms with Gasteiger partial charge in [-0.1, -0.05) is 6.07 Å². The Morgan fingerprint density at radius 2 is 1.93 bits per heavy atom. The Morgan fingerprint density at radius 1 is 1.12 bits per heavy atom. The third-order valence-electron chi connectivity index (χ3n) is 8.78. The maximum absolute atomic E-state index is 13.5. The van der Waals surface area contributed by atoms with Gasteiger partial charge in [0, 0.05) is 42.3 Å². The second-order valence-corrected chi connectivity index (χ2v) is 13.4. The van der Waals surface area contributed by atoms with E-state index in [9.17, 15) is 18.0 Å². The molecule has 6 rings (SSSR count). The molecule has 1 saturated heterocycles. The molecule has 4 bridgehead atoms. The van der Waals surface area contributed by atoms with Crippen molar-refractivity contribution in [1.82, 2.24) is 24.5 Å². The molecule has 13 heteroatoms. The van der Waals surface area contributed by atoms with Gasteiger partial charge in [-0.05, 0) is 89.5 Å². The molecule has 2 atom stereocenters. The van der Waals surface area contributed by atoms with E-state index < -0.39 is 11.6 Å². The number of halogens is 3. The van der Waals surface area contributed by atoms with Gasteiger partial charge in [-0.2, -0.15) is 13.2 Å². The molecule has 1 amide bonds. The van der Waals surface area contributed by atoms with E-state index in [1.807, 2.05) is 18.2 Å². The minimum absolute atomic E-state index is 0.0682. The number of carbonyl (C=O) groups is 1. The molecule has 43 heavy (non-hydrogen) atoms. The molecular formula is C30H36F3N7O2S. The van der Waals surface area contributed by atoms with E-state index in [2.05, 4.69) is 45.8 Å². The summed E-state index contributed by atoms with van der Waals surface area (Å²) in [4.78, 5) is 25.3. The van der Waals surface area contributed by atoms with Crippen LogP contribution in [-0.4, -0.2) is 56.6 Å². The summed E-state index contributed by atoms with van der Waals surface area (Å²) in [5, 5.41) is 8.57. The Hall–Kier alpha value is -3.48. The van der Waals surface area contributed by atoms with Crippen LogP contribution in [0.4, 0.5) is 24.8 Å². The summed E-state index contributed by atoms with van der Waals surface area (Å²) in [6, 6.07) is 11.0. The average Bonchev–Trinajstić information content (AvgIpc) is 3.50. The molecule has 1 aliphatic carbocycles. The molecule has 0 spiro atoms. The molecule has 2 fully saturated rings. The van der Waals surface area contributed by atoms with Crippen molar-refractivity contribution in [2.75, 3.05) is 23.4 Å². The van der Waals surface area contributed by atoms with Crippen molar-refractivity contribution in [3.8, 4) is 11.7 Å². The Labute approximate surface area is 253 Å². The minimum atomic E-state index is -4.21. The smallest absolute Gasteiger partial charge is 0.394 e. The Morgan fingerprint density at radius 3 is 2.70 bits per heavy atom. The molecule has 2 N–H and O–H groups in total. The van der Waals surface area contributed by atoms with Crippen LogP contribution in [0, 0.1) is 11.3 Å². The van der Waals surface area contributed by atoms with Crippen LogP contribution in [0.3, 0.4) is 0 Å². The number of carbonyl (C=O) groups excluding carboxylic acids is 1. The van der Waals surface area contributed by atoms with E-state index >= 15 is 0 Å². The van der Waals surface area contributed by atoms with Gasteiger partial charge in [0.05, 0.1) is 17.6 Å². The van der Waals surface area contributed by atoms with Crippen LogP contribution < -0.4 is 19.7 Å². The molecule has 3 aromatic heterocycles. The van der Waals surface area contributed by atoms with Gasteiger partial charge in [0.15, 0.2) is 5.82 Å². The number of aromatic nitrogens is 4. The lowest BCUT2D eigenvalue weighted by atomic mass is 9.92. The molecule has 2 unspecified atom stereocenters. The fourth-order valence-corrected chi connectivity index (χ4v) is 6.70. The summed E-state index contributed by atoms with van der Waals surface area (Å²) in [7, 11) is 0. The normalized spacial score (nSPS) is 22.9. The second kappa shape index (κ2) is 11.2. The lowest BCUT2D eigenvalue weighted by molar-refractivity contribution is -0.190. The molecule has 0 radical (unpaired) electrons. The third-order valence-corrected chi connectivity index (χ3v) is 9.50. The van der Waals surface area contributed by atoms with Gasteiger partial charge in [-0.25, -0.2) is 14.6 Å². The number of pyridine rings is 2. The van der Waals surface area contributed by atoms with Crippen LogP contribution in [-0.2, 0) is 0 Å². The monoisotopic (exact) mass is 615 g/mol. The van der Waals surface area contributed by atoms with Crippen molar-refractivity contribution in [2.24, 2.45) is 11.3 Å². The highest BCUT2D eigenvalue weighted by Crippen LogP contribution is 2.59. The van der Waals surface area contributed by atoms with Gasteiger partial charge in [0.1, 0.15) is 16.7 Å². The van der Waals surface area contributed by atoms with Crippen molar-refractivity contribution in [3.05, 3.63) is 48.2 Å². The molecular weight excluding hydrogens is 579 g/mol. The number of nitrogens with zero attached hydrogens (tertiary/aromatic N) is 5. The Kier molecular flexibility index (Phi) is 7.72. The lowest BCUT2D eigenvalue weighted by Crippen LogP contribution is -2.40. The maximum Gasteiger partial charge on any atom is 0.394 e. The number of anilines is 2. The summed E-state index contributed by atoms with van der Waals surface area (Å²) in [6.45, 7) is 7.19. The fourth-order valence-electron chi connectivity index (χ4n) is 6.11. The average molecular weight is 616 g/mol. The van der Waals surface area contributed by atoms with Crippen LogP contribution in [0.5, 0.6) is 5.88 Å². The van der Waals surface area contributed by atoms with Gasteiger partial charge in [0.25, 0.3) is 5.91 Å². The zero-order valence-corrected chi connectivity index (χ0v) is 25.3. The van der Waals surface area contributed by atoms with Gasteiger partial charge < -0.3 is 15.0 Å². The molecule has 2 aliphatic heterocycles. The molecule has 0 aromatic carbocycles. The number of ether oxygens (including phenoxy) is 1. The number of amides is 1. The van der Waals surface area contributed by atoms with Gasteiger partial charge in [-0.15, -0.1) is 5.10 Å². The van der Waals surface area contributed by atoms with E-state index in [4.69, 9.17) is 9.72 Å². The number of fused-ring (bicyclic) bond motifs is 6. The summed E-state index contributed by atoms with van der Waals surface area (Å²) in [6.07, 6.45) is 0.592. The van der Waals surface area contributed by atoms with Crippen molar-refractivity contribution < 1.29 is 22.7 Å². The highest BCUT2D eigenvalue weighted by atomic mass is 32.2. The van der Waals surface area contributed by atoms with Crippen molar-refractivity contribution in [1.29, 1.82) is 0 Å². The summed E-state index contributed by atoms with van der Waals surface area (Å²) in [5.74, 6) is 2.17. The predicted molar refractivity (Wildman–Crippen MR) is 159 cm³/mol. The Balaban J connectivity index is 1.26. The number of rotatable bonds is 5. The lowest BCUT2D eigenvalue weighted by Gasteiger charge is -2.34. The van der Waals surface area contributed by atoms with Crippen LogP contribution >= 0.6 is 11.9 Å². The highest BCUT2D eigenvalue weighted by Gasteiger charge is 2.62. The summed E-state index contributed by atoms with van der Waals surface area (Å²) in [5.41, 5.74) is -1.42. The zero-order chi connectivity index (χ0) is 30.4. The third kappa shape index (κ3) is 6.27. The molecule has 3 aromatic rings. The van der Waals surface area contributed by atoms with E-state index in [0.717, 1.165) is 43.6 Å². The molecule has 230 valence electrons. The van der Waals surface area contributed by atoms with E-state index in [1.54, 1.807) is 24.4 Å². The summed E-state index contributed by atoms with van der Waals surface area (Å²) >= 11 is 1.15. The number of hydrogen-bond donors (Lipinski definition) is 2. The Bertz CT molecular complexity index is 1490. The van der Waals surface area contributed by atoms with Crippen LogP contribution in [0.1, 0.15) is 69.7 Å². The first-order valence-electron chi connectivity index (χ1n) is 14.7. The SMILES string of the molecule is CC1CCC2CN(c3nc(-n4ccc(OCCC5(C(F)(F)F)CC5)n4)ccc3C(=O)NSc3cccc(n3)N1)C(C)(C)C2. The molecule has 9 nitrogen and oxygen atoms in total. The van der Waals surface area contributed by atoms with Gasteiger partial charge in [0.2, 0.25) is 5.88 Å². The molecule has 1 saturated carbocycles. The first kappa shape index (κ1) is 29.6. The van der Waals surface area contributed by atoms with Crippen molar-refractivity contribution in [3.63, 3.8) is 0 Å². The standard InChI is InChI=1S/C30H36F3N7O2S/c1-19-7-8-20-17-28(2,3)39(18-20)26-21(27(41)38-43-25-6-4-5-22(34-19)35-25)9-10-23(36-26)40-15-11-24(37-40)42-16-14-29(12-13-29)30(31,32)33/h4-6,9-11,15,19-20H,7-8,12-14,16-18H2,1-3H3,(H,34,35)(H,38,41). The van der Waals surface area contributed by atoms with Crippen LogP contribution in [0.15, 0.2) is 47.6 Å². The largest absolute Gasteiger partial charge is 0.477 e.